The number of hydrogen-bond donors (Lipinski definition) is 1. The van der Waals surface area contributed by atoms with Crippen LogP contribution < -0.4 is 5.73 Å². The van der Waals surface area contributed by atoms with E-state index in [1.54, 1.807) is 11.3 Å². The van der Waals surface area contributed by atoms with E-state index in [2.05, 4.69) is 11.4 Å². The van der Waals surface area contributed by atoms with Gasteiger partial charge < -0.3 is 10.5 Å². The summed E-state index contributed by atoms with van der Waals surface area (Å²) < 4.78 is 5.50. The maximum absolute atomic E-state index is 5.56. The van der Waals surface area contributed by atoms with Crippen molar-refractivity contribution in [2.75, 3.05) is 13.2 Å². The Balaban J connectivity index is 2.32. The van der Waals surface area contributed by atoms with E-state index in [9.17, 15) is 0 Å². The van der Waals surface area contributed by atoms with Crippen LogP contribution in [0.5, 0.6) is 0 Å². The average Bonchev–Trinajstić information content (AvgIpc) is 2.50. The quantitative estimate of drug-likeness (QED) is 0.688. The molecule has 0 bridgehead atoms. The molecule has 0 fully saturated rings. The molecule has 3 heteroatoms. The molecule has 0 saturated heterocycles. The molecular weight excluding hydrogens is 158 g/mol. The molecule has 2 N–H and O–H groups in total. The predicted molar refractivity (Wildman–Crippen MR) is 45.8 cm³/mol. The van der Waals surface area contributed by atoms with Crippen molar-refractivity contribution in [3.63, 3.8) is 0 Å². The standard InChI is InChI=1S/C8H11NOS/c9-5-7-8-6(1-3-10-7)2-4-11-8/h2,4,7H,1,3,5,9H2/t7-/m1/s1. The van der Waals surface area contributed by atoms with Crippen molar-refractivity contribution < 1.29 is 4.74 Å². The lowest BCUT2D eigenvalue weighted by Gasteiger charge is -2.21. The van der Waals surface area contributed by atoms with Crippen molar-refractivity contribution >= 4 is 11.3 Å². The highest BCUT2D eigenvalue weighted by atomic mass is 32.1. The van der Waals surface area contributed by atoms with Gasteiger partial charge in [0.25, 0.3) is 0 Å². The van der Waals surface area contributed by atoms with Crippen LogP contribution in [0.1, 0.15) is 16.5 Å². The van der Waals surface area contributed by atoms with Gasteiger partial charge in [-0.25, -0.2) is 0 Å². The lowest BCUT2D eigenvalue weighted by atomic mass is 10.1. The molecule has 0 amide bonds. The van der Waals surface area contributed by atoms with Crippen molar-refractivity contribution in [1.29, 1.82) is 0 Å². The highest BCUT2D eigenvalue weighted by molar-refractivity contribution is 7.10. The van der Waals surface area contributed by atoms with E-state index >= 15 is 0 Å². The minimum absolute atomic E-state index is 0.166. The molecule has 60 valence electrons. The van der Waals surface area contributed by atoms with Gasteiger partial charge in [0.05, 0.1) is 6.61 Å². The van der Waals surface area contributed by atoms with Crippen molar-refractivity contribution in [1.82, 2.24) is 0 Å². The van der Waals surface area contributed by atoms with Crippen LogP contribution in [0.25, 0.3) is 0 Å². The molecule has 0 spiro atoms. The van der Waals surface area contributed by atoms with E-state index in [4.69, 9.17) is 10.5 Å². The molecule has 1 atom stereocenters. The Morgan fingerprint density at radius 1 is 1.73 bits per heavy atom. The number of fused-ring (bicyclic) bond motifs is 1. The molecule has 1 aromatic heterocycles. The normalized spacial score (nSPS) is 23.2. The first-order valence-electron chi connectivity index (χ1n) is 3.79. The zero-order valence-corrected chi connectivity index (χ0v) is 7.06. The molecule has 2 rings (SSSR count). The fourth-order valence-corrected chi connectivity index (χ4v) is 2.41. The summed E-state index contributed by atoms with van der Waals surface area (Å²) in [4.78, 5) is 1.33. The lowest BCUT2D eigenvalue weighted by molar-refractivity contribution is 0.0515. The molecule has 2 heterocycles. The first kappa shape index (κ1) is 7.28. The van der Waals surface area contributed by atoms with Gasteiger partial charge in [-0.1, -0.05) is 0 Å². The third kappa shape index (κ3) is 1.20. The maximum Gasteiger partial charge on any atom is 0.104 e. The van der Waals surface area contributed by atoms with Crippen LogP contribution in [0.2, 0.25) is 0 Å². The van der Waals surface area contributed by atoms with Crippen molar-refractivity contribution in [2.45, 2.75) is 12.5 Å². The first-order chi connectivity index (χ1) is 5.42. The fourth-order valence-electron chi connectivity index (χ4n) is 1.40. The SMILES string of the molecule is NC[C@H]1OCCc2ccsc21. The minimum Gasteiger partial charge on any atom is -0.371 e. The molecule has 0 aliphatic carbocycles. The number of hydrogen-bond acceptors (Lipinski definition) is 3. The molecule has 0 aromatic carbocycles. The monoisotopic (exact) mass is 169 g/mol. The van der Waals surface area contributed by atoms with Gasteiger partial charge >= 0.3 is 0 Å². The summed E-state index contributed by atoms with van der Waals surface area (Å²) in [5, 5.41) is 2.11. The van der Waals surface area contributed by atoms with Crippen LogP contribution in [-0.2, 0) is 11.2 Å². The van der Waals surface area contributed by atoms with Crippen LogP contribution in [0, 0.1) is 0 Å². The Morgan fingerprint density at radius 2 is 2.64 bits per heavy atom. The van der Waals surface area contributed by atoms with Crippen LogP contribution >= 0.6 is 11.3 Å². The highest BCUT2D eigenvalue weighted by Crippen LogP contribution is 2.30. The average molecular weight is 169 g/mol. The molecular formula is C8H11NOS. The van der Waals surface area contributed by atoms with E-state index in [0.717, 1.165) is 13.0 Å². The molecule has 1 aliphatic rings. The predicted octanol–water partition coefficient (Wildman–Crippen LogP) is 1.32. The molecule has 0 radical (unpaired) electrons. The summed E-state index contributed by atoms with van der Waals surface area (Å²) in [5.74, 6) is 0. The van der Waals surface area contributed by atoms with E-state index in [-0.39, 0.29) is 6.10 Å². The zero-order chi connectivity index (χ0) is 7.68. The van der Waals surface area contributed by atoms with Gasteiger partial charge in [-0.05, 0) is 23.4 Å². The van der Waals surface area contributed by atoms with E-state index in [1.165, 1.54) is 10.4 Å². The van der Waals surface area contributed by atoms with E-state index < -0.39 is 0 Å². The third-order valence-electron chi connectivity index (χ3n) is 1.98. The second-order valence-corrected chi connectivity index (χ2v) is 3.60. The first-order valence-corrected chi connectivity index (χ1v) is 4.67. The summed E-state index contributed by atoms with van der Waals surface area (Å²) in [6.45, 7) is 1.43. The number of nitrogens with two attached hydrogens (primary N) is 1. The smallest absolute Gasteiger partial charge is 0.104 e. The second-order valence-electron chi connectivity index (χ2n) is 2.66. The second kappa shape index (κ2) is 2.93. The van der Waals surface area contributed by atoms with Crippen LogP contribution in [0.3, 0.4) is 0 Å². The highest BCUT2D eigenvalue weighted by Gasteiger charge is 2.19. The Kier molecular flexibility index (Phi) is 1.94. The van der Waals surface area contributed by atoms with Gasteiger partial charge in [0.2, 0.25) is 0 Å². The Hall–Kier alpha value is -0.380. The van der Waals surface area contributed by atoms with Crippen molar-refractivity contribution in [3.8, 4) is 0 Å². The molecule has 0 unspecified atom stereocenters. The minimum atomic E-state index is 0.166. The maximum atomic E-state index is 5.56. The number of rotatable bonds is 1. The zero-order valence-electron chi connectivity index (χ0n) is 6.25. The van der Waals surface area contributed by atoms with Gasteiger partial charge in [0, 0.05) is 11.4 Å². The summed E-state index contributed by atoms with van der Waals surface area (Å²) in [5.41, 5.74) is 6.99. The third-order valence-corrected chi connectivity index (χ3v) is 3.03. The molecule has 0 saturated carbocycles. The van der Waals surface area contributed by atoms with Crippen LogP contribution in [-0.4, -0.2) is 13.2 Å². The van der Waals surface area contributed by atoms with Crippen molar-refractivity contribution in [2.24, 2.45) is 5.73 Å². The summed E-state index contributed by atoms with van der Waals surface area (Å²) in [6.07, 6.45) is 1.22. The molecule has 1 aliphatic heterocycles. The largest absolute Gasteiger partial charge is 0.371 e. The van der Waals surface area contributed by atoms with Gasteiger partial charge in [0.1, 0.15) is 6.10 Å². The topological polar surface area (TPSA) is 35.2 Å². The fraction of sp³-hybridized carbons (Fsp3) is 0.500. The molecule has 1 aromatic rings. The lowest BCUT2D eigenvalue weighted by Crippen LogP contribution is -2.21. The number of thiophene rings is 1. The summed E-state index contributed by atoms with van der Waals surface area (Å²) >= 11 is 1.75. The summed E-state index contributed by atoms with van der Waals surface area (Å²) in [6, 6.07) is 2.17. The molecule has 2 nitrogen and oxygen atoms in total. The van der Waals surface area contributed by atoms with Crippen molar-refractivity contribution in [3.05, 3.63) is 21.9 Å². The van der Waals surface area contributed by atoms with Crippen LogP contribution in [0.15, 0.2) is 11.4 Å². The molecule has 11 heavy (non-hydrogen) atoms. The number of ether oxygens (including phenoxy) is 1. The van der Waals surface area contributed by atoms with E-state index in [1.807, 2.05) is 0 Å². The Bertz CT molecular complexity index is 246. The van der Waals surface area contributed by atoms with Gasteiger partial charge in [0.15, 0.2) is 0 Å². The Morgan fingerprint density at radius 3 is 3.45 bits per heavy atom. The van der Waals surface area contributed by atoms with Gasteiger partial charge in [-0.3, -0.25) is 0 Å². The van der Waals surface area contributed by atoms with Gasteiger partial charge in [-0.15, -0.1) is 11.3 Å². The summed E-state index contributed by atoms with van der Waals surface area (Å²) in [7, 11) is 0. The van der Waals surface area contributed by atoms with Crippen LogP contribution in [0.4, 0.5) is 0 Å². The van der Waals surface area contributed by atoms with E-state index in [0.29, 0.717) is 6.54 Å². The Labute approximate surface area is 70.0 Å². The van der Waals surface area contributed by atoms with Gasteiger partial charge in [-0.2, -0.15) is 0 Å².